The molecule has 6 aromatic heterocycles. The van der Waals surface area contributed by atoms with E-state index in [2.05, 4.69) is 299 Å². The predicted molar refractivity (Wildman–Crippen MR) is 425 cm³/mol. The average molecular weight is 1350 g/mol. The predicted octanol–water partition coefficient (Wildman–Crippen LogP) is 24.6. The van der Waals surface area contributed by atoms with Crippen LogP contribution in [-0.4, -0.2) is 34.5 Å². The molecule has 10 heteroatoms. The Bertz CT molecular complexity index is 6610. The van der Waals surface area contributed by atoms with Crippen molar-refractivity contribution in [1.29, 1.82) is 0 Å². The summed E-state index contributed by atoms with van der Waals surface area (Å²) in [6.07, 6.45) is 0. The first-order chi connectivity index (χ1) is 51.1. The maximum absolute atomic E-state index is 6.40. The van der Waals surface area contributed by atoms with Gasteiger partial charge in [0.05, 0.1) is 44.0 Å². The normalized spacial score (nSPS) is 13.2. The van der Waals surface area contributed by atoms with E-state index in [1.165, 1.54) is 21.4 Å². The number of imidazole rings is 1. The third-order valence-corrected chi connectivity index (χ3v) is 22.3. The largest absolute Gasteiger partial charge is 0.455 e. The highest BCUT2D eigenvalue weighted by molar-refractivity contribution is 7.21. The summed E-state index contributed by atoms with van der Waals surface area (Å²) in [5.41, 5.74) is 28.8. The molecule has 6 heterocycles. The highest BCUT2D eigenvalue weighted by Gasteiger charge is 2.42. The fraction of sp³-hybridized carbons (Fsp3) is 0.0638. The Balaban J connectivity index is 0.000000139. The second-order valence-corrected chi connectivity index (χ2v) is 29.1. The van der Waals surface area contributed by atoms with Crippen LogP contribution in [0, 0.1) is 0 Å². The Kier molecular flexibility index (Phi) is 13.9. The van der Waals surface area contributed by atoms with Crippen molar-refractivity contribution in [2.45, 2.75) is 38.5 Å². The lowest BCUT2D eigenvalue weighted by Crippen LogP contribution is -2.17. The Morgan fingerprint density at radius 2 is 0.702 bits per heavy atom. The quantitative estimate of drug-likeness (QED) is 0.141. The van der Waals surface area contributed by atoms with Crippen molar-refractivity contribution in [2.24, 2.45) is 0 Å². The van der Waals surface area contributed by atoms with Crippen LogP contribution in [0.1, 0.15) is 49.9 Å². The minimum Gasteiger partial charge on any atom is -0.455 e. The third-order valence-electron chi connectivity index (χ3n) is 21.2. The van der Waals surface area contributed by atoms with Crippen LogP contribution >= 0.6 is 11.3 Å². The summed E-state index contributed by atoms with van der Waals surface area (Å²) in [5.74, 6) is 2.30. The fourth-order valence-electron chi connectivity index (χ4n) is 16.1. The van der Waals surface area contributed by atoms with E-state index in [0.29, 0.717) is 11.6 Å². The van der Waals surface area contributed by atoms with Gasteiger partial charge in [0.1, 0.15) is 33.2 Å². The first-order valence-corrected chi connectivity index (χ1v) is 36.0. The van der Waals surface area contributed by atoms with Gasteiger partial charge >= 0.3 is 0 Å². The zero-order valence-corrected chi connectivity index (χ0v) is 58.1. The molecule has 2 aliphatic rings. The number of thiazole rings is 1. The van der Waals surface area contributed by atoms with Crippen molar-refractivity contribution in [1.82, 2.24) is 34.5 Å². The monoisotopic (exact) mass is 1350 g/mol. The molecular weight excluding hydrogens is 1290 g/mol. The van der Waals surface area contributed by atoms with Gasteiger partial charge < -0.3 is 8.83 Å². The maximum Gasteiger partial charge on any atom is 0.160 e. The first kappa shape index (κ1) is 60.9. The molecule has 0 unspecified atom stereocenters. The molecule has 0 atom stereocenters. The van der Waals surface area contributed by atoms with Crippen molar-refractivity contribution in [2.75, 3.05) is 0 Å². The molecule has 0 N–H and O–H groups in total. The SMILES string of the molecule is CC1(C)c2ccccc2-c2nc(-c3ccc(-c4nc5ccccc5n4-c4ccccc4)cc3)nc(-c3ccc(-c4cccc5c4oc4ccccc45)cc3)c21.CC1(C)c2ccccc2-c2nc(-c3ccc(-c4nc5ccccc5s4)cc3)nc(-c3ccc(-c4cccc5c4oc4ccccc45)cc3)c21. The zero-order chi connectivity index (χ0) is 69.4. The molecule has 9 nitrogen and oxygen atoms in total. The molecule has 0 aliphatic heterocycles. The summed E-state index contributed by atoms with van der Waals surface area (Å²) in [6.45, 7) is 9.14. The van der Waals surface area contributed by atoms with Gasteiger partial charge in [-0.1, -0.05) is 289 Å². The van der Waals surface area contributed by atoms with Gasteiger partial charge in [-0.2, -0.15) is 0 Å². The lowest BCUT2D eigenvalue weighted by atomic mass is 9.80. The second-order valence-electron chi connectivity index (χ2n) is 28.0. The van der Waals surface area contributed by atoms with Crippen LogP contribution in [0.5, 0.6) is 0 Å². The van der Waals surface area contributed by atoms with Crippen LogP contribution < -0.4 is 0 Å². The summed E-state index contributed by atoms with van der Waals surface area (Å²) < 4.78 is 16.2. The van der Waals surface area contributed by atoms with Crippen molar-refractivity contribution < 1.29 is 8.83 Å². The Hall–Kier alpha value is -13.0. The van der Waals surface area contributed by atoms with Crippen LogP contribution in [0.3, 0.4) is 0 Å². The molecule has 19 aromatic rings. The van der Waals surface area contributed by atoms with Gasteiger partial charge in [0, 0.05) is 105 Å². The van der Waals surface area contributed by atoms with Crippen LogP contribution in [0.4, 0.5) is 0 Å². The van der Waals surface area contributed by atoms with Gasteiger partial charge in [0.15, 0.2) is 11.6 Å². The molecule has 13 aromatic carbocycles. The molecule has 0 spiro atoms. The average Bonchev–Trinajstić information content (AvgIpc) is 1.56. The van der Waals surface area contributed by atoms with Crippen molar-refractivity contribution in [3.05, 3.63) is 332 Å². The van der Waals surface area contributed by atoms with Gasteiger partial charge in [-0.3, -0.25) is 4.57 Å². The van der Waals surface area contributed by atoms with Crippen molar-refractivity contribution >= 4 is 76.5 Å². The third kappa shape index (κ3) is 9.81. The molecule has 492 valence electrons. The highest BCUT2D eigenvalue weighted by Crippen LogP contribution is 2.54. The van der Waals surface area contributed by atoms with Crippen LogP contribution in [0.25, 0.3) is 183 Å². The standard InChI is InChI=1S/C50H34N4O.C44H29N3OS/c1-50(2)40-19-8-6-16-39(40)46-44(50)45(32-25-23-31(24-26-32)36-17-12-18-38-37-15-7-11-22-43(37)55-47(36)38)52-48(53-46)33-27-29-34(30-28-33)49-51-41-20-9-10-21-42(41)54(49)35-13-4-3-5-14-35;1-44(2)34-14-5-3-11-33(34)40-38(44)39(46-42(47-40)28-22-24-29(25-23-28)43-45-35-15-6-8-17-37(35)49-43)27-20-18-26(19-21-27)30-12-9-13-32-31-10-4-7-16-36(31)48-41(30)32/h3-30H,1-2H3;3-25H,1-2H3. The maximum atomic E-state index is 6.40. The number of hydrogen-bond donors (Lipinski definition) is 0. The molecule has 0 radical (unpaired) electrons. The number of furan rings is 2. The Morgan fingerprint density at radius 3 is 1.24 bits per heavy atom. The number of fused-ring (bicyclic) bond motifs is 14. The molecular formula is C94H63N7O2S. The molecule has 2 aliphatic carbocycles. The first-order valence-electron chi connectivity index (χ1n) is 35.2. The molecule has 21 rings (SSSR count). The summed E-state index contributed by atoms with van der Waals surface area (Å²) in [6, 6.07) is 108. The fourth-order valence-corrected chi connectivity index (χ4v) is 17.0. The molecule has 0 saturated carbocycles. The van der Waals surface area contributed by atoms with E-state index in [1.807, 2.05) is 42.5 Å². The minimum absolute atomic E-state index is 0.255. The number of para-hydroxylation sites is 8. The molecule has 104 heavy (non-hydrogen) atoms. The van der Waals surface area contributed by atoms with Gasteiger partial charge in [-0.05, 0) is 70.8 Å². The summed E-state index contributed by atoms with van der Waals surface area (Å²) >= 11 is 1.71. The lowest BCUT2D eigenvalue weighted by molar-refractivity contribution is 0.657. The Morgan fingerprint density at radius 1 is 0.298 bits per heavy atom. The molecule has 0 bridgehead atoms. The zero-order valence-electron chi connectivity index (χ0n) is 57.3. The van der Waals surface area contributed by atoms with E-state index in [9.17, 15) is 0 Å². The van der Waals surface area contributed by atoms with Crippen LogP contribution in [-0.2, 0) is 10.8 Å². The Labute approximate surface area is 603 Å². The lowest BCUT2D eigenvalue weighted by Gasteiger charge is -2.24. The van der Waals surface area contributed by atoms with E-state index >= 15 is 0 Å². The number of benzene rings is 13. The number of hydrogen-bond acceptors (Lipinski definition) is 9. The summed E-state index contributed by atoms with van der Waals surface area (Å²) in [5, 5.41) is 5.53. The number of nitrogens with zero attached hydrogens (tertiary/aromatic N) is 7. The van der Waals surface area contributed by atoms with E-state index in [1.54, 1.807) is 11.3 Å². The van der Waals surface area contributed by atoms with Gasteiger partial charge in [0.25, 0.3) is 0 Å². The van der Waals surface area contributed by atoms with E-state index < -0.39 is 0 Å². The van der Waals surface area contributed by atoms with E-state index in [4.69, 9.17) is 38.7 Å². The number of rotatable bonds is 9. The number of aromatic nitrogens is 7. The summed E-state index contributed by atoms with van der Waals surface area (Å²) in [7, 11) is 0. The van der Waals surface area contributed by atoms with Crippen LogP contribution in [0.15, 0.2) is 318 Å². The van der Waals surface area contributed by atoms with Crippen LogP contribution in [0.2, 0.25) is 0 Å². The molecule has 0 fully saturated rings. The van der Waals surface area contributed by atoms with Crippen molar-refractivity contribution in [3.8, 4) is 118 Å². The van der Waals surface area contributed by atoms with E-state index in [0.717, 1.165) is 172 Å². The van der Waals surface area contributed by atoms with Crippen molar-refractivity contribution in [3.63, 3.8) is 0 Å². The van der Waals surface area contributed by atoms with E-state index in [-0.39, 0.29) is 10.8 Å². The highest BCUT2D eigenvalue weighted by atomic mass is 32.1. The molecule has 0 amide bonds. The summed E-state index contributed by atoms with van der Waals surface area (Å²) in [4.78, 5) is 31.3. The topological polar surface area (TPSA) is 109 Å². The van der Waals surface area contributed by atoms with Gasteiger partial charge in [-0.15, -0.1) is 11.3 Å². The van der Waals surface area contributed by atoms with Gasteiger partial charge in [-0.25, -0.2) is 29.9 Å². The molecule has 0 saturated heterocycles. The van der Waals surface area contributed by atoms with Gasteiger partial charge in [0.2, 0.25) is 0 Å². The second kappa shape index (κ2) is 23.8. The smallest absolute Gasteiger partial charge is 0.160 e. The minimum atomic E-state index is -0.279.